The quantitative estimate of drug-likeness (QED) is 0.0677. The highest BCUT2D eigenvalue weighted by atomic mass is 17.0. The monoisotopic (exact) mass is 694 g/mol. The highest BCUT2D eigenvalue weighted by molar-refractivity contribution is 5.96. The molecule has 0 fully saturated rings. The molecule has 2 heterocycles. The molecule has 4 N–H and O–H groups in total. The van der Waals surface area contributed by atoms with Gasteiger partial charge in [-0.2, -0.15) is 5.06 Å². The van der Waals surface area contributed by atoms with Crippen molar-refractivity contribution in [3.8, 4) is 62.5 Å². The number of ether oxygens (including phenoxy) is 3. The number of rotatable bonds is 9. The van der Waals surface area contributed by atoms with Gasteiger partial charge in [0.15, 0.2) is 34.4 Å². The van der Waals surface area contributed by atoms with Gasteiger partial charge in [-0.3, -0.25) is 24.1 Å². The second-order valence-corrected chi connectivity index (χ2v) is 12.1. The van der Waals surface area contributed by atoms with Crippen molar-refractivity contribution < 1.29 is 63.5 Å². The molecule has 0 spiro atoms. The largest absolute Gasteiger partial charge is 0.578 e. The van der Waals surface area contributed by atoms with Gasteiger partial charge in [-0.1, -0.05) is 44.6 Å². The van der Waals surface area contributed by atoms with E-state index in [0.29, 0.717) is 6.42 Å². The smallest absolute Gasteiger partial charge is 0.374 e. The van der Waals surface area contributed by atoms with Crippen LogP contribution in [-0.2, 0) is 19.2 Å². The Labute approximate surface area is 287 Å². The van der Waals surface area contributed by atoms with E-state index in [-0.39, 0.29) is 51.6 Å². The molecule has 15 nitrogen and oxygen atoms in total. The number of hydrogen-bond donors (Lipinski definition) is 4. The van der Waals surface area contributed by atoms with E-state index in [4.69, 9.17) is 23.9 Å². The van der Waals surface area contributed by atoms with Gasteiger partial charge in [-0.25, -0.2) is 0 Å². The van der Waals surface area contributed by atoms with Crippen LogP contribution in [0.4, 0.5) is 0 Å². The Morgan fingerprint density at radius 2 is 1.42 bits per heavy atom. The lowest BCUT2D eigenvalue weighted by molar-refractivity contribution is -1.08. The van der Waals surface area contributed by atoms with Crippen LogP contribution in [0.1, 0.15) is 54.4 Å². The van der Waals surface area contributed by atoms with Crippen molar-refractivity contribution in [2.24, 2.45) is 11.8 Å². The average Bonchev–Trinajstić information content (AvgIpc) is 3.07. The maximum Gasteiger partial charge on any atom is 0.374 e. The molecular weight excluding hydrogens is 656 g/mol. The van der Waals surface area contributed by atoms with Gasteiger partial charge in [0.25, 0.3) is 0 Å². The van der Waals surface area contributed by atoms with Crippen molar-refractivity contribution in [3.05, 3.63) is 59.3 Å². The topological polar surface area (TPSA) is 205 Å². The number of hydroxylamine groups is 6. The molecule has 3 aromatic carbocycles. The summed E-state index contributed by atoms with van der Waals surface area (Å²) in [5.41, 5.74) is -2.94. The molecule has 0 radical (unpaired) electrons. The molecule has 0 saturated heterocycles. The summed E-state index contributed by atoms with van der Waals surface area (Å²) in [6.07, 6.45) is 0.650. The summed E-state index contributed by atoms with van der Waals surface area (Å²) in [5, 5.41) is 59.8. The predicted molar refractivity (Wildman–Crippen MR) is 175 cm³/mol. The molecule has 2 aliphatic heterocycles. The Bertz CT molecular complexity index is 1910. The minimum absolute atomic E-state index is 0.000766. The number of esters is 2. The normalized spacial score (nSPS) is 21.0. The van der Waals surface area contributed by atoms with Gasteiger partial charge in [0, 0.05) is 19.8 Å². The number of aromatic hydroxyl groups is 3. The zero-order chi connectivity index (χ0) is 36.9. The van der Waals surface area contributed by atoms with Crippen LogP contribution < -0.4 is 19.0 Å². The van der Waals surface area contributed by atoms with E-state index in [9.17, 15) is 40.0 Å². The molecule has 0 aliphatic carbocycles. The fraction of sp³-hybridized carbons (Fsp3) is 0.343. The van der Waals surface area contributed by atoms with Crippen LogP contribution in [0.25, 0.3) is 22.3 Å². The van der Waals surface area contributed by atoms with E-state index in [0.717, 1.165) is 18.9 Å². The third-order valence-corrected chi connectivity index (χ3v) is 8.93. The van der Waals surface area contributed by atoms with Crippen LogP contribution in [-0.4, -0.2) is 61.0 Å². The van der Waals surface area contributed by atoms with Crippen LogP contribution in [0.5, 0.6) is 40.2 Å². The number of benzene rings is 3. The van der Waals surface area contributed by atoms with Crippen molar-refractivity contribution in [2.75, 3.05) is 7.11 Å². The summed E-state index contributed by atoms with van der Waals surface area (Å²) in [5.74, 6) is -7.90. The zero-order valence-electron chi connectivity index (χ0n) is 28.5. The minimum atomic E-state index is -2.47. The van der Waals surface area contributed by atoms with Crippen LogP contribution in [0.3, 0.4) is 0 Å². The molecule has 15 heteroatoms. The van der Waals surface area contributed by atoms with Crippen LogP contribution >= 0.6 is 0 Å². The summed E-state index contributed by atoms with van der Waals surface area (Å²) in [7, 11) is 1.22. The second kappa shape index (κ2) is 13.1. The SMILES string of the molecule is CC[C@H](C)C1=C(O)[N@+]2([O-])Oc3ccc(-c4c(O)c(O)c(-c5ccc(O)cc5)c(OC(C)=O)c4OC(C)=O)cc3O[C@]2([C@@H](C)CC)C(=O)N1OC. The van der Waals surface area contributed by atoms with Gasteiger partial charge in [0.2, 0.25) is 5.75 Å². The number of carbonyl (C=O) groups excluding carboxylic acids is 3. The number of nitrogens with zero attached hydrogens (tertiary/aromatic N) is 2. The molecular formula is C35H38N2O13. The van der Waals surface area contributed by atoms with Crippen LogP contribution in [0.15, 0.2) is 54.0 Å². The van der Waals surface area contributed by atoms with E-state index in [1.54, 1.807) is 27.7 Å². The second-order valence-electron chi connectivity index (χ2n) is 12.1. The molecule has 50 heavy (non-hydrogen) atoms. The molecule has 0 aromatic heterocycles. The van der Waals surface area contributed by atoms with Gasteiger partial charge >= 0.3 is 29.5 Å². The fourth-order valence-electron chi connectivity index (χ4n) is 6.12. The first-order valence-electron chi connectivity index (χ1n) is 15.8. The number of aliphatic hydroxyl groups is 1. The van der Waals surface area contributed by atoms with Crippen molar-refractivity contribution in [3.63, 3.8) is 0 Å². The van der Waals surface area contributed by atoms with Crippen LogP contribution in [0.2, 0.25) is 0 Å². The lowest BCUT2D eigenvalue weighted by atomic mass is 9.89. The Morgan fingerprint density at radius 1 is 0.880 bits per heavy atom. The van der Waals surface area contributed by atoms with E-state index in [2.05, 4.69) is 0 Å². The standard InChI is InChI=1S/C35H38N2O13/c1-8-17(3)28-33(43)37(45)35(18(4)9-2,34(44)36(28)46-7)49-25-16-22(12-15-24(25)50-37)27-30(42)29(41)26(21-10-13-23(40)14-11-21)31(47-19(5)38)32(27)48-20(6)39/h10-18,40-43H,8-9H2,1-7H3/t17-,18-,35+,37-/m0/s1. The number of aliphatic hydroxyl groups excluding tert-OH is 1. The number of fused-ring (bicyclic) bond motifs is 2. The number of allylic oxidation sites excluding steroid dienone is 1. The number of quaternary nitrogens is 1. The molecule has 1 amide bonds. The lowest BCUT2D eigenvalue weighted by Crippen LogP contribution is -2.78. The van der Waals surface area contributed by atoms with Crippen molar-refractivity contribution in [1.82, 2.24) is 5.06 Å². The van der Waals surface area contributed by atoms with Gasteiger partial charge < -0.3 is 39.8 Å². The maximum atomic E-state index is 14.8. The highest BCUT2D eigenvalue weighted by Gasteiger charge is 2.72. The first kappa shape index (κ1) is 35.8. The zero-order valence-corrected chi connectivity index (χ0v) is 28.5. The van der Waals surface area contributed by atoms with Crippen molar-refractivity contribution >= 4 is 17.8 Å². The first-order valence-corrected chi connectivity index (χ1v) is 15.8. The van der Waals surface area contributed by atoms with E-state index >= 15 is 0 Å². The number of hydrogen-bond acceptors (Lipinski definition) is 13. The number of amides is 1. The number of carbonyl (C=O) groups is 3. The molecule has 0 bridgehead atoms. The minimum Gasteiger partial charge on any atom is -0.578 e. The molecule has 4 atom stereocenters. The summed E-state index contributed by atoms with van der Waals surface area (Å²) in [6, 6.07) is 9.19. The van der Waals surface area contributed by atoms with Gasteiger partial charge in [0.1, 0.15) is 5.75 Å². The maximum absolute atomic E-state index is 14.8. The summed E-state index contributed by atoms with van der Waals surface area (Å²) >= 11 is 0. The molecule has 0 saturated carbocycles. The third kappa shape index (κ3) is 5.39. The third-order valence-electron chi connectivity index (χ3n) is 8.93. The van der Waals surface area contributed by atoms with Gasteiger partial charge in [-0.05, 0) is 54.3 Å². The predicted octanol–water partition coefficient (Wildman–Crippen LogP) is 5.91. The van der Waals surface area contributed by atoms with Gasteiger partial charge in [0.05, 0.1) is 24.2 Å². The molecule has 2 aliphatic rings. The van der Waals surface area contributed by atoms with Crippen molar-refractivity contribution in [2.45, 2.75) is 60.1 Å². The Morgan fingerprint density at radius 3 is 1.92 bits per heavy atom. The van der Waals surface area contributed by atoms with E-state index in [1.807, 2.05) is 0 Å². The Hall–Kier alpha value is -5.51. The van der Waals surface area contributed by atoms with Crippen molar-refractivity contribution in [1.29, 1.82) is 0 Å². The summed E-state index contributed by atoms with van der Waals surface area (Å²) in [6.45, 7) is 8.95. The van der Waals surface area contributed by atoms with E-state index < -0.39 is 69.1 Å². The summed E-state index contributed by atoms with van der Waals surface area (Å²) < 4.78 is 17.3. The number of phenols is 3. The first-order chi connectivity index (χ1) is 23.6. The Balaban J connectivity index is 1.79. The molecule has 5 rings (SSSR count). The van der Waals surface area contributed by atoms with Gasteiger partial charge in [-0.15, -0.1) is 0 Å². The highest BCUT2D eigenvalue weighted by Crippen LogP contribution is 2.58. The summed E-state index contributed by atoms with van der Waals surface area (Å²) in [4.78, 5) is 48.3. The molecule has 266 valence electrons. The molecule has 0 unspecified atom stereocenters. The fourth-order valence-corrected chi connectivity index (χ4v) is 6.12. The van der Waals surface area contributed by atoms with E-state index in [1.165, 1.54) is 49.6 Å². The van der Waals surface area contributed by atoms with Crippen LogP contribution in [0, 0.1) is 17.0 Å². The molecule has 3 aromatic rings. The average molecular weight is 695 g/mol. The lowest BCUT2D eigenvalue weighted by Gasteiger charge is -2.56. The number of phenolic OH excluding ortho intramolecular Hbond substituents is 3. The Kier molecular flexibility index (Phi) is 9.36.